The second-order valence-corrected chi connectivity index (χ2v) is 4.49. The van der Waals surface area contributed by atoms with Crippen molar-refractivity contribution in [1.29, 1.82) is 0 Å². The number of aliphatic hydroxyl groups excluding tert-OH is 1. The molecule has 1 heterocycles. The van der Waals surface area contributed by atoms with Gasteiger partial charge in [0.05, 0.1) is 5.71 Å². The molecule has 1 atom stereocenters. The second kappa shape index (κ2) is 4.75. The average molecular weight is 237 g/mol. The van der Waals surface area contributed by atoms with Crippen LogP contribution in [0.4, 0.5) is 0 Å². The highest BCUT2D eigenvalue weighted by molar-refractivity contribution is 6.05. The van der Waals surface area contributed by atoms with E-state index in [0.29, 0.717) is 0 Å². The predicted molar refractivity (Wildman–Crippen MR) is 73.0 cm³/mol. The Labute approximate surface area is 107 Å². The van der Waals surface area contributed by atoms with Gasteiger partial charge in [-0.25, -0.2) is 0 Å². The molecular formula is C16H15NO. The number of fused-ring (bicyclic) bond motifs is 1. The van der Waals surface area contributed by atoms with E-state index in [0.717, 1.165) is 29.8 Å². The molecule has 0 fully saturated rings. The Morgan fingerprint density at radius 1 is 0.944 bits per heavy atom. The summed E-state index contributed by atoms with van der Waals surface area (Å²) in [5.74, 6) is 0. The minimum Gasteiger partial charge on any atom is -0.382 e. The van der Waals surface area contributed by atoms with Crippen molar-refractivity contribution in [3.63, 3.8) is 0 Å². The first kappa shape index (κ1) is 11.2. The summed E-state index contributed by atoms with van der Waals surface area (Å²) in [6, 6.07) is 17.9. The molecule has 1 aliphatic rings. The van der Waals surface area contributed by atoms with E-state index in [-0.39, 0.29) is 0 Å². The van der Waals surface area contributed by atoms with Crippen LogP contribution in [0.25, 0.3) is 0 Å². The number of nitrogens with zero attached hydrogens (tertiary/aromatic N) is 1. The van der Waals surface area contributed by atoms with E-state index in [1.807, 2.05) is 48.5 Å². The van der Waals surface area contributed by atoms with Gasteiger partial charge in [-0.2, -0.15) is 0 Å². The molecule has 0 aromatic heterocycles. The molecule has 0 aliphatic carbocycles. The Morgan fingerprint density at radius 2 is 1.67 bits per heavy atom. The summed E-state index contributed by atoms with van der Waals surface area (Å²) in [6.07, 6.45) is 0.328. The fourth-order valence-corrected chi connectivity index (χ4v) is 2.40. The number of hydrogen-bond donors (Lipinski definition) is 1. The molecule has 2 nitrogen and oxygen atoms in total. The summed E-state index contributed by atoms with van der Waals surface area (Å²) in [5, 5.41) is 10.5. The van der Waals surface area contributed by atoms with Gasteiger partial charge in [0.15, 0.2) is 0 Å². The second-order valence-electron chi connectivity index (χ2n) is 4.49. The van der Waals surface area contributed by atoms with Crippen molar-refractivity contribution in [2.75, 3.05) is 6.54 Å². The van der Waals surface area contributed by atoms with Gasteiger partial charge in [-0.05, 0) is 17.5 Å². The molecule has 0 radical (unpaired) electrons. The lowest BCUT2D eigenvalue weighted by Gasteiger charge is -2.21. The molecule has 0 spiro atoms. The number of aliphatic hydroxyl groups is 1. The van der Waals surface area contributed by atoms with Crippen LogP contribution in [0.2, 0.25) is 0 Å². The standard InChI is InChI=1S/C16H15NO/c18-16(13-7-2-1-3-8-13)15-14-9-5-4-6-12(14)10-11-17-15/h1-9,16,18H,10-11H2. The van der Waals surface area contributed by atoms with E-state index in [9.17, 15) is 5.11 Å². The van der Waals surface area contributed by atoms with Gasteiger partial charge in [0.2, 0.25) is 0 Å². The molecule has 3 rings (SSSR count). The van der Waals surface area contributed by atoms with Crippen LogP contribution in [0.3, 0.4) is 0 Å². The van der Waals surface area contributed by atoms with Crippen LogP contribution < -0.4 is 0 Å². The predicted octanol–water partition coefficient (Wildman–Crippen LogP) is 2.77. The van der Waals surface area contributed by atoms with E-state index in [1.165, 1.54) is 5.56 Å². The van der Waals surface area contributed by atoms with E-state index >= 15 is 0 Å². The summed E-state index contributed by atoms with van der Waals surface area (Å²) < 4.78 is 0. The van der Waals surface area contributed by atoms with Crippen LogP contribution in [-0.4, -0.2) is 17.4 Å². The zero-order valence-corrected chi connectivity index (χ0v) is 10.1. The van der Waals surface area contributed by atoms with E-state index in [4.69, 9.17) is 0 Å². The third-order valence-electron chi connectivity index (χ3n) is 3.33. The molecule has 0 saturated carbocycles. The molecule has 2 aromatic carbocycles. The molecule has 0 bridgehead atoms. The minimum atomic E-state index is -0.632. The van der Waals surface area contributed by atoms with Crippen LogP contribution in [0.1, 0.15) is 22.8 Å². The van der Waals surface area contributed by atoms with Crippen LogP contribution in [-0.2, 0) is 6.42 Å². The molecule has 0 amide bonds. The molecule has 1 aliphatic heterocycles. The monoisotopic (exact) mass is 237 g/mol. The Balaban J connectivity index is 2.00. The van der Waals surface area contributed by atoms with Crippen LogP contribution >= 0.6 is 0 Å². The normalized spacial score (nSPS) is 15.7. The van der Waals surface area contributed by atoms with Crippen molar-refractivity contribution in [1.82, 2.24) is 0 Å². The Kier molecular flexibility index (Phi) is 2.95. The van der Waals surface area contributed by atoms with Gasteiger partial charge in [-0.3, -0.25) is 4.99 Å². The zero-order valence-electron chi connectivity index (χ0n) is 10.1. The maximum Gasteiger partial charge on any atom is 0.121 e. The molecule has 0 saturated heterocycles. The van der Waals surface area contributed by atoms with Gasteiger partial charge in [-0.15, -0.1) is 0 Å². The molecular weight excluding hydrogens is 222 g/mol. The molecule has 1 N–H and O–H groups in total. The summed E-state index contributed by atoms with van der Waals surface area (Å²) in [5.41, 5.74) is 4.05. The van der Waals surface area contributed by atoms with Crippen molar-refractivity contribution in [3.05, 3.63) is 71.3 Å². The summed E-state index contributed by atoms with van der Waals surface area (Å²) >= 11 is 0. The lowest BCUT2D eigenvalue weighted by molar-refractivity contribution is 0.247. The minimum absolute atomic E-state index is 0.632. The van der Waals surface area contributed by atoms with Crippen molar-refractivity contribution in [3.8, 4) is 0 Å². The number of benzene rings is 2. The zero-order chi connectivity index (χ0) is 12.4. The van der Waals surface area contributed by atoms with E-state index in [2.05, 4.69) is 11.1 Å². The van der Waals surface area contributed by atoms with E-state index < -0.39 is 6.10 Å². The topological polar surface area (TPSA) is 32.6 Å². The van der Waals surface area contributed by atoms with Crippen molar-refractivity contribution < 1.29 is 5.11 Å². The highest BCUT2D eigenvalue weighted by atomic mass is 16.3. The van der Waals surface area contributed by atoms with Crippen molar-refractivity contribution in [2.24, 2.45) is 4.99 Å². The van der Waals surface area contributed by atoms with Crippen molar-refractivity contribution in [2.45, 2.75) is 12.5 Å². The first-order valence-corrected chi connectivity index (χ1v) is 6.22. The van der Waals surface area contributed by atoms with Crippen LogP contribution in [0.5, 0.6) is 0 Å². The highest BCUT2D eigenvalue weighted by Gasteiger charge is 2.21. The van der Waals surface area contributed by atoms with Gasteiger partial charge in [0.25, 0.3) is 0 Å². The molecule has 1 unspecified atom stereocenters. The lowest BCUT2D eigenvalue weighted by Crippen LogP contribution is -2.20. The molecule has 90 valence electrons. The third-order valence-corrected chi connectivity index (χ3v) is 3.33. The molecule has 2 heteroatoms. The maximum absolute atomic E-state index is 10.5. The van der Waals surface area contributed by atoms with Gasteiger partial charge in [0.1, 0.15) is 6.10 Å². The maximum atomic E-state index is 10.5. The number of hydrogen-bond acceptors (Lipinski definition) is 2. The number of rotatable bonds is 2. The summed E-state index contributed by atoms with van der Waals surface area (Å²) in [6.45, 7) is 0.760. The SMILES string of the molecule is OC(C1=NCCc2ccccc21)c1ccccc1. The smallest absolute Gasteiger partial charge is 0.121 e. The van der Waals surface area contributed by atoms with Gasteiger partial charge < -0.3 is 5.11 Å². The Morgan fingerprint density at radius 3 is 2.50 bits per heavy atom. The van der Waals surface area contributed by atoms with Crippen molar-refractivity contribution >= 4 is 5.71 Å². The Bertz CT molecular complexity index is 575. The third kappa shape index (κ3) is 1.95. The Hall–Kier alpha value is -1.93. The number of aliphatic imine (C=N–C) groups is 1. The van der Waals surface area contributed by atoms with Crippen LogP contribution in [0, 0.1) is 0 Å². The first-order valence-electron chi connectivity index (χ1n) is 6.22. The summed E-state index contributed by atoms with van der Waals surface area (Å²) in [7, 11) is 0. The summed E-state index contributed by atoms with van der Waals surface area (Å²) in [4.78, 5) is 4.51. The lowest BCUT2D eigenvalue weighted by atomic mass is 9.92. The highest BCUT2D eigenvalue weighted by Crippen LogP contribution is 2.24. The fourth-order valence-electron chi connectivity index (χ4n) is 2.40. The van der Waals surface area contributed by atoms with Gasteiger partial charge in [0, 0.05) is 12.1 Å². The first-order chi connectivity index (χ1) is 8.86. The van der Waals surface area contributed by atoms with Crippen LogP contribution in [0.15, 0.2) is 59.6 Å². The molecule has 2 aromatic rings. The molecule has 18 heavy (non-hydrogen) atoms. The van der Waals surface area contributed by atoms with Gasteiger partial charge >= 0.3 is 0 Å². The quantitative estimate of drug-likeness (QED) is 0.856. The van der Waals surface area contributed by atoms with Gasteiger partial charge in [-0.1, -0.05) is 54.6 Å². The largest absolute Gasteiger partial charge is 0.382 e. The van der Waals surface area contributed by atoms with E-state index in [1.54, 1.807) is 0 Å². The fraction of sp³-hybridized carbons (Fsp3) is 0.188. The average Bonchev–Trinajstić information content (AvgIpc) is 2.47.